The summed E-state index contributed by atoms with van der Waals surface area (Å²) in [7, 11) is 0. The summed E-state index contributed by atoms with van der Waals surface area (Å²) < 4.78 is 1.48. The van der Waals surface area contributed by atoms with Crippen molar-refractivity contribution in [1.82, 2.24) is 9.55 Å². The van der Waals surface area contributed by atoms with E-state index < -0.39 is 0 Å². The van der Waals surface area contributed by atoms with Crippen molar-refractivity contribution >= 4 is 0 Å². The van der Waals surface area contributed by atoms with Gasteiger partial charge in [0.05, 0.1) is 0 Å². The summed E-state index contributed by atoms with van der Waals surface area (Å²) in [4.78, 5) is 14.4. The Morgan fingerprint density at radius 1 is 1.80 bits per heavy atom. The van der Waals surface area contributed by atoms with Crippen molar-refractivity contribution in [3.8, 4) is 0 Å². The Balaban J connectivity index is 3.03. The summed E-state index contributed by atoms with van der Waals surface area (Å²) >= 11 is 0. The van der Waals surface area contributed by atoms with Crippen LogP contribution in [0.15, 0.2) is 35.9 Å². The van der Waals surface area contributed by atoms with Crippen LogP contribution in [0.1, 0.15) is 0 Å². The normalized spacial score (nSPS) is 9.20. The largest absolute Gasteiger partial charge is 0.347 e. The summed E-state index contributed by atoms with van der Waals surface area (Å²) in [6, 6.07) is 1.71. The Hall–Kier alpha value is -1.38. The van der Waals surface area contributed by atoms with Crippen LogP contribution in [0.25, 0.3) is 0 Å². The van der Waals surface area contributed by atoms with Gasteiger partial charge >= 0.3 is 5.69 Å². The molecule has 0 spiro atoms. The van der Waals surface area contributed by atoms with Crippen LogP contribution in [0.5, 0.6) is 0 Å². The maximum Gasteiger partial charge on any atom is 0.347 e. The molecule has 0 saturated carbocycles. The predicted molar refractivity (Wildman–Crippen MR) is 38.7 cm³/mol. The lowest BCUT2D eigenvalue weighted by atomic mass is 10.6. The molecule has 0 aliphatic rings. The third kappa shape index (κ3) is 1.31. The highest BCUT2D eigenvalue weighted by Gasteiger charge is 1.87. The molecule has 3 nitrogen and oxygen atoms in total. The summed E-state index contributed by atoms with van der Waals surface area (Å²) in [5.74, 6) is 0. The van der Waals surface area contributed by atoms with E-state index in [1.165, 1.54) is 10.8 Å². The topological polar surface area (TPSA) is 34.9 Å². The molecule has 3 heteroatoms. The molecule has 0 unspecified atom stereocenters. The highest BCUT2D eigenvalue weighted by molar-refractivity contribution is 4.83. The average Bonchev–Trinajstić information content (AvgIpc) is 1.94. The highest BCUT2D eigenvalue weighted by atomic mass is 16.1. The van der Waals surface area contributed by atoms with Crippen molar-refractivity contribution in [2.75, 3.05) is 0 Å². The molecule has 0 aliphatic carbocycles. The molecule has 0 radical (unpaired) electrons. The minimum absolute atomic E-state index is 0.234. The van der Waals surface area contributed by atoms with Crippen LogP contribution < -0.4 is 5.69 Å². The van der Waals surface area contributed by atoms with Gasteiger partial charge in [0.1, 0.15) is 0 Å². The van der Waals surface area contributed by atoms with Crippen LogP contribution >= 0.6 is 0 Å². The standard InChI is InChI=1S/C7H8N2O/c1-2-5-9-6-3-4-8-7(9)10/h2-4,6H,1,5H2. The van der Waals surface area contributed by atoms with Gasteiger partial charge in [-0.1, -0.05) is 6.08 Å². The van der Waals surface area contributed by atoms with Crippen LogP contribution in [-0.4, -0.2) is 9.55 Å². The van der Waals surface area contributed by atoms with Gasteiger partial charge in [0.25, 0.3) is 0 Å². The van der Waals surface area contributed by atoms with Gasteiger partial charge in [0.15, 0.2) is 0 Å². The lowest BCUT2D eigenvalue weighted by molar-refractivity contribution is 0.744. The van der Waals surface area contributed by atoms with Crippen molar-refractivity contribution in [2.24, 2.45) is 0 Å². The van der Waals surface area contributed by atoms with E-state index in [9.17, 15) is 4.79 Å². The van der Waals surface area contributed by atoms with Crippen molar-refractivity contribution in [3.05, 3.63) is 41.6 Å². The lowest BCUT2D eigenvalue weighted by Crippen LogP contribution is -2.20. The molecule has 0 fully saturated rings. The van der Waals surface area contributed by atoms with E-state index in [1.54, 1.807) is 18.3 Å². The first-order valence-corrected chi connectivity index (χ1v) is 2.97. The van der Waals surface area contributed by atoms with Gasteiger partial charge < -0.3 is 0 Å². The fourth-order valence-electron chi connectivity index (χ4n) is 0.665. The monoisotopic (exact) mass is 136 g/mol. The van der Waals surface area contributed by atoms with Gasteiger partial charge in [-0.05, 0) is 6.07 Å². The van der Waals surface area contributed by atoms with E-state index in [0.717, 1.165) is 0 Å². The second-order valence-corrected chi connectivity index (χ2v) is 1.84. The third-order valence-electron chi connectivity index (χ3n) is 1.11. The molecule has 1 rings (SSSR count). The van der Waals surface area contributed by atoms with E-state index in [-0.39, 0.29) is 5.69 Å². The Bertz CT molecular complexity index is 277. The first-order chi connectivity index (χ1) is 4.84. The summed E-state index contributed by atoms with van der Waals surface area (Å²) in [6.07, 6.45) is 4.81. The first kappa shape index (κ1) is 6.74. The van der Waals surface area contributed by atoms with Gasteiger partial charge in [-0.3, -0.25) is 4.57 Å². The molecule has 1 aromatic heterocycles. The molecular formula is C7H8N2O. The van der Waals surface area contributed by atoms with Crippen molar-refractivity contribution in [2.45, 2.75) is 6.54 Å². The highest BCUT2D eigenvalue weighted by Crippen LogP contribution is 1.78. The van der Waals surface area contributed by atoms with Gasteiger partial charge in [-0.2, -0.15) is 0 Å². The van der Waals surface area contributed by atoms with Gasteiger partial charge in [0, 0.05) is 18.9 Å². The quantitative estimate of drug-likeness (QED) is 0.552. The molecule has 0 amide bonds. The maximum absolute atomic E-state index is 10.8. The van der Waals surface area contributed by atoms with E-state index in [4.69, 9.17) is 0 Å². The summed E-state index contributed by atoms with van der Waals surface area (Å²) in [5.41, 5.74) is -0.234. The lowest BCUT2D eigenvalue weighted by Gasteiger charge is -1.96. The SMILES string of the molecule is C=CCn1cccnc1=O. The first-order valence-electron chi connectivity index (χ1n) is 2.97. The van der Waals surface area contributed by atoms with Crippen molar-refractivity contribution in [1.29, 1.82) is 0 Å². The number of rotatable bonds is 2. The van der Waals surface area contributed by atoms with E-state index in [0.29, 0.717) is 6.54 Å². The third-order valence-corrected chi connectivity index (χ3v) is 1.11. The van der Waals surface area contributed by atoms with Crippen molar-refractivity contribution < 1.29 is 0 Å². The van der Waals surface area contributed by atoms with Gasteiger partial charge in [0.2, 0.25) is 0 Å². The number of aromatic nitrogens is 2. The molecule has 1 aromatic rings. The second-order valence-electron chi connectivity index (χ2n) is 1.84. The maximum atomic E-state index is 10.8. The molecule has 10 heavy (non-hydrogen) atoms. The average molecular weight is 136 g/mol. The Morgan fingerprint density at radius 3 is 3.20 bits per heavy atom. The number of allylic oxidation sites excluding steroid dienone is 1. The number of hydrogen-bond donors (Lipinski definition) is 0. The van der Waals surface area contributed by atoms with Crippen molar-refractivity contribution in [3.63, 3.8) is 0 Å². The Labute approximate surface area is 58.6 Å². The smallest absolute Gasteiger partial charge is 0.295 e. The molecular weight excluding hydrogens is 128 g/mol. The van der Waals surface area contributed by atoms with Crippen LogP contribution in [0, 0.1) is 0 Å². The molecule has 0 bridgehead atoms. The molecule has 0 atom stereocenters. The summed E-state index contributed by atoms with van der Waals surface area (Å²) in [5, 5.41) is 0. The van der Waals surface area contributed by atoms with E-state index in [2.05, 4.69) is 11.6 Å². The Morgan fingerprint density at radius 2 is 2.60 bits per heavy atom. The van der Waals surface area contributed by atoms with Crippen LogP contribution in [0.4, 0.5) is 0 Å². The summed E-state index contributed by atoms with van der Waals surface area (Å²) in [6.45, 7) is 4.03. The molecule has 0 saturated heterocycles. The Kier molecular flexibility index (Phi) is 1.99. The molecule has 0 N–H and O–H groups in total. The van der Waals surface area contributed by atoms with E-state index >= 15 is 0 Å². The molecule has 52 valence electrons. The molecule has 0 aliphatic heterocycles. The number of nitrogens with zero attached hydrogens (tertiary/aromatic N) is 2. The zero-order valence-electron chi connectivity index (χ0n) is 5.53. The number of hydrogen-bond acceptors (Lipinski definition) is 2. The zero-order valence-corrected chi connectivity index (χ0v) is 5.53. The van der Waals surface area contributed by atoms with Gasteiger partial charge in [-0.15, -0.1) is 6.58 Å². The second kappa shape index (κ2) is 2.96. The molecule has 1 heterocycles. The minimum atomic E-state index is -0.234. The van der Waals surface area contributed by atoms with Gasteiger partial charge in [-0.25, -0.2) is 9.78 Å². The zero-order chi connectivity index (χ0) is 7.40. The van der Waals surface area contributed by atoms with Crippen LogP contribution in [0.2, 0.25) is 0 Å². The van der Waals surface area contributed by atoms with E-state index in [1.807, 2.05) is 0 Å². The fraction of sp³-hybridized carbons (Fsp3) is 0.143. The molecule has 0 aromatic carbocycles. The minimum Gasteiger partial charge on any atom is -0.295 e. The van der Waals surface area contributed by atoms with Crippen LogP contribution in [0.3, 0.4) is 0 Å². The fourth-order valence-corrected chi connectivity index (χ4v) is 0.665. The van der Waals surface area contributed by atoms with Crippen LogP contribution in [-0.2, 0) is 6.54 Å². The predicted octanol–water partition coefficient (Wildman–Crippen LogP) is 0.429.